The van der Waals surface area contributed by atoms with Crippen molar-refractivity contribution in [3.05, 3.63) is 46.7 Å². The van der Waals surface area contributed by atoms with Crippen LogP contribution in [-0.4, -0.2) is 12.0 Å². The molecule has 1 N–H and O–H groups in total. The number of anilines is 1. The second-order valence-corrected chi connectivity index (χ2v) is 3.21. The minimum absolute atomic E-state index is 0.0467. The summed E-state index contributed by atoms with van der Waals surface area (Å²) in [6, 6.07) is 8.12. The highest BCUT2D eigenvalue weighted by atomic mass is 16.6. The van der Waals surface area contributed by atoms with Crippen molar-refractivity contribution >= 4 is 11.4 Å². The molecule has 0 saturated carbocycles. The number of furan rings is 1. The van der Waals surface area contributed by atoms with E-state index in [1.165, 1.54) is 18.4 Å². The molecule has 2 aromatic rings. The number of nitrogens with one attached hydrogen (secondary N) is 1. The van der Waals surface area contributed by atoms with Crippen molar-refractivity contribution in [1.82, 2.24) is 0 Å². The SMILES string of the molecule is CNc1ccc([N+](=O)[O-])cc1-c1ccco1. The summed E-state index contributed by atoms with van der Waals surface area (Å²) < 4.78 is 5.23. The molecule has 0 amide bonds. The van der Waals surface area contributed by atoms with E-state index in [1.54, 1.807) is 25.2 Å². The van der Waals surface area contributed by atoms with Crippen LogP contribution in [0.15, 0.2) is 41.0 Å². The summed E-state index contributed by atoms with van der Waals surface area (Å²) in [6.07, 6.45) is 1.54. The van der Waals surface area contributed by atoms with Gasteiger partial charge < -0.3 is 9.73 Å². The van der Waals surface area contributed by atoms with Gasteiger partial charge in [-0.3, -0.25) is 10.1 Å². The Hall–Kier alpha value is -2.30. The predicted octanol–water partition coefficient (Wildman–Crippen LogP) is 2.90. The first-order valence-corrected chi connectivity index (χ1v) is 4.72. The number of non-ortho nitro benzene ring substituents is 1. The fraction of sp³-hybridized carbons (Fsp3) is 0.0909. The Kier molecular flexibility index (Phi) is 2.59. The molecule has 0 aliphatic carbocycles. The van der Waals surface area contributed by atoms with Crippen LogP contribution in [0.3, 0.4) is 0 Å². The maximum absolute atomic E-state index is 10.7. The van der Waals surface area contributed by atoms with Crippen LogP contribution >= 0.6 is 0 Å². The minimum Gasteiger partial charge on any atom is -0.464 e. The monoisotopic (exact) mass is 218 g/mol. The predicted molar refractivity (Wildman–Crippen MR) is 60.3 cm³/mol. The molecular weight excluding hydrogens is 208 g/mol. The van der Waals surface area contributed by atoms with Crippen LogP contribution in [0.2, 0.25) is 0 Å². The largest absolute Gasteiger partial charge is 0.464 e. The maximum atomic E-state index is 10.7. The Balaban J connectivity index is 2.56. The molecule has 0 aliphatic rings. The molecule has 2 rings (SSSR count). The first-order valence-electron chi connectivity index (χ1n) is 4.72. The molecule has 0 saturated heterocycles. The second kappa shape index (κ2) is 4.06. The van der Waals surface area contributed by atoms with Gasteiger partial charge in [0.25, 0.3) is 5.69 Å². The van der Waals surface area contributed by atoms with E-state index in [-0.39, 0.29) is 5.69 Å². The maximum Gasteiger partial charge on any atom is 0.270 e. The van der Waals surface area contributed by atoms with Crippen LogP contribution in [0.1, 0.15) is 0 Å². The zero-order valence-electron chi connectivity index (χ0n) is 8.64. The number of benzene rings is 1. The summed E-state index contributed by atoms with van der Waals surface area (Å²) in [5, 5.41) is 13.6. The Morgan fingerprint density at radius 2 is 2.19 bits per heavy atom. The lowest BCUT2D eigenvalue weighted by Gasteiger charge is -2.06. The molecule has 5 nitrogen and oxygen atoms in total. The van der Waals surface area contributed by atoms with Gasteiger partial charge >= 0.3 is 0 Å². The van der Waals surface area contributed by atoms with Gasteiger partial charge in [0, 0.05) is 30.4 Å². The van der Waals surface area contributed by atoms with E-state index in [0.717, 1.165) is 5.69 Å². The summed E-state index contributed by atoms with van der Waals surface area (Å²) in [5.41, 5.74) is 1.52. The van der Waals surface area contributed by atoms with Gasteiger partial charge in [0.1, 0.15) is 5.76 Å². The molecule has 0 spiro atoms. The van der Waals surface area contributed by atoms with E-state index in [9.17, 15) is 10.1 Å². The van der Waals surface area contributed by atoms with Gasteiger partial charge in [-0.05, 0) is 18.2 Å². The molecule has 5 heteroatoms. The smallest absolute Gasteiger partial charge is 0.270 e. The third kappa shape index (κ3) is 1.75. The van der Waals surface area contributed by atoms with Gasteiger partial charge in [0.05, 0.1) is 11.2 Å². The number of nitro benzene ring substituents is 1. The first-order chi connectivity index (χ1) is 7.72. The van der Waals surface area contributed by atoms with E-state index in [4.69, 9.17) is 4.42 Å². The van der Waals surface area contributed by atoms with Crippen molar-refractivity contribution in [2.45, 2.75) is 0 Å². The normalized spacial score (nSPS) is 10.1. The number of hydrogen-bond donors (Lipinski definition) is 1. The molecule has 1 heterocycles. The van der Waals surface area contributed by atoms with Crippen LogP contribution in [-0.2, 0) is 0 Å². The number of hydrogen-bond acceptors (Lipinski definition) is 4. The Bertz CT molecular complexity index is 506. The average molecular weight is 218 g/mol. The Labute approximate surface area is 91.9 Å². The molecule has 0 radical (unpaired) electrons. The quantitative estimate of drug-likeness (QED) is 0.635. The summed E-state index contributed by atoms with van der Waals surface area (Å²) in [7, 11) is 1.76. The molecule has 0 unspecified atom stereocenters. The Morgan fingerprint density at radius 1 is 1.38 bits per heavy atom. The van der Waals surface area contributed by atoms with Crippen LogP contribution in [0.5, 0.6) is 0 Å². The summed E-state index contributed by atoms with van der Waals surface area (Å²) in [6.45, 7) is 0. The lowest BCUT2D eigenvalue weighted by Crippen LogP contribution is -1.94. The Morgan fingerprint density at radius 3 is 2.75 bits per heavy atom. The number of nitrogens with zero attached hydrogens (tertiary/aromatic N) is 1. The number of rotatable bonds is 3. The van der Waals surface area contributed by atoms with E-state index in [1.807, 2.05) is 0 Å². The van der Waals surface area contributed by atoms with E-state index in [2.05, 4.69) is 5.32 Å². The molecule has 0 aliphatic heterocycles. The molecule has 16 heavy (non-hydrogen) atoms. The van der Waals surface area contributed by atoms with Gasteiger partial charge in [-0.25, -0.2) is 0 Å². The van der Waals surface area contributed by atoms with Crippen molar-refractivity contribution in [2.24, 2.45) is 0 Å². The molecular formula is C11H10N2O3. The van der Waals surface area contributed by atoms with E-state index in [0.29, 0.717) is 11.3 Å². The lowest BCUT2D eigenvalue weighted by atomic mass is 10.1. The van der Waals surface area contributed by atoms with Crippen molar-refractivity contribution < 1.29 is 9.34 Å². The minimum atomic E-state index is -0.425. The van der Waals surface area contributed by atoms with E-state index < -0.39 is 4.92 Å². The van der Waals surface area contributed by atoms with Gasteiger partial charge in [0.2, 0.25) is 0 Å². The van der Waals surface area contributed by atoms with Gasteiger partial charge in [-0.2, -0.15) is 0 Å². The first kappa shape index (κ1) is 10.2. The average Bonchev–Trinajstić information content (AvgIpc) is 2.81. The highest BCUT2D eigenvalue weighted by molar-refractivity contribution is 5.76. The van der Waals surface area contributed by atoms with Crippen molar-refractivity contribution in [1.29, 1.82) is 0 Å². The molecule has 0 atom stereocenters. The summed E-state index contributed by atoms with van der Waals surface area (Å²) >= 11 is 0. The third-order valence-corrected chi connectivity index (χ3v) is 2.27. The summed E-state index contributed by atoms with van der Waals surface area (Å²) in [5.74, 6) is 0.605. The van der Waals surface area contributed by atoms with Gasteiger partial charge in [-0.1, -0.05) is 0 Å². The summed E-state index contributed by atoms with van der Waals surface area (Å²) in [4.78, 5) is 10.3. The molecule has 1 aromatic carbocycles. The number of nitro groups is 1. The topological polar surface area (TPSA) is 68.3 Å². The standard InChI is InChI=1S/C11H10N2O3/c1-12-10-5-4-8(13(14)15)7-9(10)11-3-2-6-16-11/h2-7,12H,1H3. The third-order valence-electron chi connectivity index (χ3n) is 2.27. The van der Waals surface area contributed by atoms with Crippen LogP contribution < -0.4 is 5.32 Å². The zero-order chi connectivity index (χ0) is 11.5. The van der Waals surface area contributed by atoms with Crippen molar-refractivity contribution in [3.8, 4) is 11.3 Å². The second-order valence-electron chi connectivity index (χ2n) is 3.21. The lowest BCUT2D eigenvalue weighted by molar-refractivity contribution is -0.384. The van der Waals surface area contributed by atoms with Gasteiger partial charge in [0.15, 0.2) is 0 Å². The van der Waals surface area contributed by atoms with Crippen molar-refractivity contribution in [3.63, 3.8) is 0 Å². The highest BCUT2D eigenvalue weighted by Crippen LogP contribution is 2.31. The van der Waals surface area contributed by atoms with Crippen LogP contribution in [0.25, 0.3) is 11.3 Å². The fourth-order valence-electron chi connectivity index (χ4n) is 1.50. The van der Waals surface area contributed by atoms with E-state index >= 15 is 0 Å². The molecule has 0 fully saturated rings. The zero-order valence-corrected chi connectivity index (χ0v) is 8.64. The molecule has 82 valence electrons. The van der Waals surface area contributed by atoms with Crippen molar-refractivity contribution in [2.75, 3.05) is 12.4 Å². The fourth-order valence-corrected chi connectivity index (χ4v) is 1.50. The van der Waals surface area contributed by atoms with Crippen LogP contribution in [0, 0.1) is 10.1 Å². The highest BCUT2D eigenvalue weighted by Gasteiger charge is 2.13. The van der Waals surface area contributed by atoms with Gasteiger partial charge in [-0.15, -0.1) is 0 Å². The van der Waals surface area contributed by atoms with Crippen LogP contribution in [0.4, 0.5) is 11.4 Å². The molecule has 1 aromatic heterocycles. The molecule has 0 bridgehead atoms.